The number of hydrogen-bond acceptors (Lipinski definition) is 4. The van der Waals surface area contributed by atoms with Crippen LogP contribution in [-0.4, -0.2) is 30.1 Å². The van der Waals surface area contributed by atoms with E-state index in [-0.39, 0.29) is 0 Å². The minimum atomic E-state index is 0.650. The summed E-state index contributed by atoms with van der Waals surface area (Å²) in [5, 5.41) is 6.20. The summed E-state index contributed by atoms with van der Waals surface area (Å²) in [6, 6.07) is 0. The van der Waals surface area contributed by atoms with Gasteiger partial charge in [-0.15, -0.1) is 0 Å². The van der Waals surface area contributed by atoms with Gasteiger partial charge in [0.1, 0.15) is 0 Å². The zero-order valence-electron chi connectivity index (χ0n) is 9.75. The zero-order valence-corrected chi connectivity index (χ0v) is 9.75. The first-order chi connectivity index (χ1) is 7.22. The Morgan fingerprint density at radius 1 is 1.20 bits per heavy atom. The Morgan fingerprint density at radius 2 is 1.87 bits per heavy atom. The summed E-state index contributed by atoms with van der Waals surface area (Å²) >= 11 is 0. The molecule has 0 amide bonds. The lowest BCUT2D eigenvalue weighted by atomic mass is 10.1. The van der Waals surface area contributed by atoms with Crippen molar-refractivity contribution in [3.05, 3.63) is 18.0 Å². The molecule has 4 nitrogen and oxygen atoms in total. The first-order valence-electron chi connectivity index (χ1n) is 5.41. The van der Waals surface area contributed by atoms with Crippen molar-refractivity contribution in [2.24, 2.45) is 5.92 Å². The van der Waals surface area contributed by atoms with Crippen LogP contribution in [0.1, 0.15) is 19.4 Å². The van der Waals surface area contributed by atoms with E-state index in [9.17, 15) is 0 Å². The molecule has 0 spiro atoms. The van der Waals surface area contributed by atoms with Crippen LogP contribution in [0.5, 0.6) is 0 Å². The largest absolute Gasteiger partial charge is 0.353 e. The van der Waals surface area contributed by atoms with Crippen LogP contribution in [0.25, 0.3) is 0 Å². The number of likely N-dealkylation sites (N-methyl/N-ethyl adjacent to an activating group) is 1. The molecule has 15 heavy (non-hydrogen) atoms. The third-order valence-electron chi connectivity index (χ3n) is 2.01. The molecule has 0 bridgehead atoms. The molecule has 0 aliphatic rings. The zero-order chi connectivity index (χ0) is 11.1. The number of anilines is 1. The van der Waals surface area contributed by atoms with E-state index in [2.05, 4.69) is 34.4 Å². The Hall–Kier alpha value is -1.16. The number of nitrogens with zero attached hydrogens (tertiary/aromatic N) is 2. The van der Waals surface area contributed by atoms with Gasteiger partial charge in [-0.05, 0) is 24.9 Å². The van der Waals surface area contributed by atoms with Gasteiger partial charge in [-0.25, -0.2) is 9.97 Å². The number of rotatable bonds is 6. The van der Waals surface area contributed by atoms with Crippen molar-refractivity contribution in [3.63, 3.8) is 0 Å². The van der Waals surface area contributed by atoms with Crippen molar-refractivity contribution in [1.29, 1.82) is 0 Å². The summed E-state index contributed by atoms with van der Waals surface area (Å²) in [5.41, 5.74) is 1.20. The third kappa shape index (κ3) is 4.74. The molecule has 0 radical (unpaired) electrons. The number of aromatic nitrogens is 2. The van der Waals surface area contributed by atoms with Crippen molar-refractivity contribution >= 4 is 5.95 Å². The molecule has 0 aliphatic heterocycles. The number of hydrogen-bond donors (Lipinski definition) is 2. The summed E-state index contributed by atoms with van der Waals surface area (Å²) in [6.45, 7) is 6.15. The molecule has 0 aliphatic carbocycles. The highest BCUT2D eigenvalue weighted by Crippen LogP contribution is 2.06. The first kappa shape index (κ1) is 11.9. The summed E-state index contributed by atoms with van der Waals surface area (Å²) in [4.78, 5) is 8.51. The van der Waals surface area contributed by atoms with Gasteiger partial charge in [0.05, 0.1) is 0 Å². The van der Waals surface area contributed by atoms with Gasteiger partial charge in [0.2, 0.25) is 5.95 Å². The molecule has 1 aromatic heterocycles. The predicted octanol–water partition coefficient (Wildman–Crippen LogP) is 1.31. The summed E-state index contributed by atoms with van der Waals surface area (Å²) in [7, 11) is 1.92. The van der Waals surface area contributed by atoms with E-state index in [4.69, 9.17) is 0 Å². The van der Waals surface area contributed by atoms with E-state index >= 15 is 0 Å². The molecule has 0 saturated carbocycles. The van der Waals surface area contributed by atoms with E-state index in [1.54, 1.807) is 0 Å². The molecular formula is C11H20N4. The molecule has 1 aromatic rings. The van der Waals surface area contributed by atoms with E-state index in [1.165, 1.54) is 5.56 Å². The number of nitrogens with one attached hydrogen (secondary N) is 2. The average molecular weight is 208 g/mol. The fraction of sp³-hybridized carbons (Fsp3) is 0.636. The molecule has 0 atom stereocenters. The van der Waals surface area contributed by atoms with E-state index < -0.39 is 0 Å². The van der Waals surface area contributed by atoms with Gasteiger partial charge in [-0.2, -0.15) is 0 Å². The molecule has 1 heterocycles. The third-order valence-corrected chi connectivity index (χ3v) is 2.01. The predicted molar refractivity (Wildman–Crippen MR) is 63.0 cm³/mol. The highest BCUT2D eigenvalue weighted by molar-refractivity contribution is 5.24. The van der Waals surface area contributed by atoms with Gasteiger partial charge in [-0.3, -0.25) is 0 Å². The molecule has 0 unspecified atom stereocenters. The Morgan fingerprint density at radius 3 is 2.40 bits per heavy atom. The Balaban J connectivity index is 2.42. The quantitative estimate of drug-likeness (QED) is 0.692. The lowest BCUT2D eigenvalue weighted by molar-refractivity contribution is 0.643. The van der Waals surface area contributed by atoms with Crippen LogP contribution in [0, 0.1) is 5.92 Å². The van der Waals surface area contributed by atoms with Crippen LogP contribution in [0.15, 0.2) is 12.4 Å². The molecule has 84 valence electrons. The fourth-order valence-electron chi connectivity index (χ4n) is 1.32. The van der Waals surface area contributed by atoms with E-state index in [1.807, 2.05) is 19.4 Å². The molecular weight excluding hydrogens is 188 g/mol. The highest BCUT2D eigenvalue weighted by atomic mass is 15.1. The van der Waals surface area contributed by atoms with Gasteiger partial charge in [0.25, 0.3) is 0 Å². The van der Waals surface area contributed by atoms with Crippen molar-refractivity contribution < 1.29 is 0 Å². The van der Waals surface area contributed by atoms with Crippen LogP contribution < -0.4 is 10.6 Å². The molecule has 0 aromatic carbocycles. The Kier molecular flexibility index (Phi) is 5.04. The SMILES string of the molecule is CNCCNc1ncc(CC(C)C)cn1. The molecule has 0 saturated heterocycles. The van der Waals surface area contributed by atoms with Gasteiger partial charge in [0.15, 0.2) is 0 Å². The van der Waals surface area contributed by atoms with Crippen molar-refractivity contribution in [3.8, 4) is 0 Å². The summed E-state index contributed by atoms with van der Waals surface area (Å²) < 4.78 is 0. The minimum absolute atomic E-state index is 0.650. The van der Waals surface area contributed by atoms with Crippen molar-refractivity contribution in [1.82, 2.24) is 15.3 Å². The molecule has 2 N–H and O–H groups in total. The fourth-order valence-corrected chi connectivity index (χ4v) is 1.32. The van der Waals surface area contributed by atoms with E-state index in [0.29, 0.717) is 11.9 Å². The van der Waals surface area contributed by atoms with E-state index in [0.717, 1.165) is 19.5 Å². The maximum absolute atomic E-state index is 4.25. The second kappa shape index (κ2) is 6.35. The van der Waals surface area contributed by atoms with Crippen molar-refractivity contribution in [2.45, 2.75) is 20.3 Å². The maximum Gasteiger partial charge on any atom is 0.222 e. The monoisotopic (exact) mass is 208 g/mol. The topological polar surface area (TPSA) is 49.8 Å². The summed E-state index contributed by atoms with van der Waals surface area (Å²) in [6.07, 6.45) is 4.83. The lowest BCUT2D eigenvalue weighted by Gasteiger charge is -2.06. The van der Waals surface area contributed by atoms with Crippen molar-refractivity contribution in [2.75, 3.05) is 25.5 Å². The van der Waals surface area contributed by atoms with Gasteiger partial charge < -0.3 is 10.6 Å². The van der Waals surface area contributed by atoms with Gasteiger partial charge in [0, 0.05) is 25.5 Å². The van der Waals surface area contributed by atoms with Crippen LogP contribution in [-0.2, 0) is 6.42 Å². The van der Waals surface area contributed by atoms with Gasteiger partial charge >= 0.3 is 0 Å². The maximum atomic E-state index is 4.25. The molecule has 0 fully saturated rings. The van der Waals surface area contributed by atoms with Crippen LogP contribution in [0.3, 0.4) is 0 Å². The molecule has 4 heteroatoms. The average Bonchev–Trinajstić information content (AvgIpc) is 2.20. The normalized spacial score (nSPS) is 10.7. The van der Waals surface area contributed by atoms with Gasteiger partial charge in [-0.1, -0.05) is 13.8 Å². The summed E-state index contributed by atoms with van der Waals surface area (Å²) in [5.74, 6) is 1.36. The Labute approximate surface area is 91.5 Å². The smallest absolute Gasteiger partial charge is 0.222 e. The standard InChI is InChI=1S/C11H20N4/c1-9(2)6-10-7-14-11(15-8-10)13-5-4-12-3/h7-9,12H,4-6H2,1-3H3,(H,13,14,15). The minimum Gasteiger partial charge on any atom is -0.353 e. The van der Waals surface area contributed by atoms with Crippen LogP contribution in [0.4, 0.5) is 5.95 Å². The van der Waals surface area contributed by atoms with Crippen LogP contribution >= 0.6 is 0 Å². The highest BCUT2D eigenvalue weighted by Gasteiger charge is 1.99. The second-order valence-corrected chi connectivity index (χ2v) is 4.04. The first-order valence-corrected chi connectivity index (χ1v) is 5.41. The second-order valence-electron chi connectivity index (χ2n) is 4.04. The lowest BCUT2D eigenvalue weighted by Crippen LogP contribution is -2.18. The van der Waals surface area contributed by atoms with Crippen LogP contribution in [0.2, 0.25) is 0 Å². The Bertz CT molecular complexity index is 268. The molecule has 1 rings (SSSR count).